The number of pyridine rings is 1. The third kappa shape index (κ3) is 3.31. The van der Waals surface area contributed by atoms with E-state index in [2.05, 4.69) is 15.0 Å². The van der Waals surface area contributed by atoms with Crippen LogP contribution in [-0.4, -0.2) is 36.2 Å². The van der Waals surface area contributed by atoms with Crippen LogP contribution in [0, 0.1) is 0 Å². The van der Waals surface area contributed by atoms with E-state index in [-0.39, 0.29) is 0 Å². The van der Waals surface area contributed by atoms with E-state index in [0.29, 0.717) is 24.3 Å². The first-order valence-electron chi connectivity index (χ1n) is 5.81. The Hall–Kier alpha value is -2.37. The molecule has 0 spiro atoms. The van der Waals surface area contributed by atoms with Crippen LogP contribution in [0.4, 0.5) is 5.95 Å². The molecular weight excluding hydrogens is 244 g/mol. The fourth-order valence-corrected chi connectivity index (χ4v) is 1.58. The van der Waals surface area contributed by atoms with E-state index in [9.17, 15) is 0 Å². The van der Waals surface area contributed by atoms with E-state index < -0.39 is 0 Å². The Morgan fingerprint density at radius 3 is 2.32 bits per heavy atom. The van der Waals surface area contributed by atoms with Crippen molar-refractivity contribution < 1.29 is 9.47 Å². The molecule has 0 fully saturated rings. The van der Waals surface area contributed by atoms with Crippen LogP contribution in [0.25, 0.3) is 0 Å². The van der Waals surface area contributed by atoms with Crippen LogP contribution in [0.1, 0.15) is 5.69 Å². The second kappa shape index (κ2) is 5.99. The highest BCUT2D eigenvalue weighted by Gasteiger charge is 2.10. The van der Waals surface area contributed by atoms with Crippen LogP contribution in [0.2, 0.25) is 0 Å². The quantitative estimate of drug-likeness (QED) is 0.812. The van der Waals surface area contributed by atoms with Crippen molar-refractivity contribution in [1.29, 1.82) is 0 Å². The minimum atomic E-state index is 0.467. The average Bonchev–Trinajstić information content (AvgIpc) is 2.47. The lowest BCUT2D eigenvalue weighted by atomic mass is 10.3. The largest absolute Gasteiger partial charge is 0.481 e. The second-order valence-electron chi connectivity index (χ2n) is 3.93. The Kier molecular flexibility index (Phi) is 4.12. The Labute approximate surface area is 112 Å². The van der Waals surface area contributed by atoms with Gasteiger partial charge in [-0.1, -0.05) is 6.07 Å². The van der Waals surface area contributed by atoms with Crippen LogP contribution in [0.5, 0.6) is 11.8 Å². The number of anilines is 1. The zero-order valence-corrected chi connectivity index (χ0v) is 11.2. The van der Waals surface area contributed by atoms with Crippen molar-refractivity contribution in [2.24, 2.45) is 0 Å². The molecule has 0 saturated carbocycles. The summed E-state index contributed by atoms with van der Waals surface area (Å²) in [6.45, 7) is 0.608. The fourth-order valence-electron chi connectivity index (χ4n) is 1.58. The highest BCUT2D eigenvalue weighted by atomic mass is 16.5. The van der Waals surface area contributed by atoms with Gasteiger partial charge in [0.05, 0.1) is 32.5 Å². The van der Waals surface area contributed by atoms with Gasteiger partial charge in [-0.25, -0.2) is 0 Å². The number of aromatic nitrogens is 3. The summed E-state index contributed by atoms with van der Waals surface area (Å²) in [4.78, 5) is 14.7. The summed E-state index contributed by atoms with van der Waals surface area (Å²) in [6, 6.07) is 7.42. The molecule has 19 heavy (non-hydrogen) atoms. The molecule has 0 aliphatic carbocycles. The monoisotopic (exact) mass is 260 g/mol. The molecule has 2 aromatic heterocycles. The zero-order chi connectivity index (χ0) is 13.7. The van der Waals surface area contributed by atoms with Gasteiger partial charge in [-0.2, -0.15) is 9.97 Å². The van der Waals surface area contributed by atoms with Crippen molar-refractivity contribution in [3.05, 3.63) is 36.2 Å². The van der Waals surface area contributed by atoms with Gasteiger partial charge >= 0.3 is 0 Å². The molecule has 0 aliphatic heterocycles. The molecule has 0 amide bonds. The summed E-state index contributed by atoms with van der Waals surface area (Å²) in [5.74, 6) is 1.46. The second-order valence-corrected chi connectivity index (χ2v) is 3.93. The van der Waals surface area contributed by atoms with Gasteiger partial charge in [-0.3, -0.25) is 4.98 Å². The lowest BCUT2D eigenvalue weighted by Crippen LogP contribution is -2.20. The van der Waals surface area contributed by atoms with Crippen LogP contribution < -0.4 is 14.4 Å². The summed E-state index contributed by atoms with van der Waals surface area (Å²) in [7, 11) is 5.01. The number of methoxy groups -OCH3 is 2. The predicted molar refractivity (Wildman–Crippen MR) is 71.5 cm³/mol. The summed E-state index contributed by atoms with van der Waals surface area (Å²) >= 11 is 0. The molecule has 0 aliphatic rings. The van der Waals surface area contributed by atoms with Gasteiger partial charge in [0.1, 0.15) is 0 Å². The van der Waals surface area contributed by atoms with Gasteiger partial charge < -0.3 is 14.4 Å². The van der Waals surface area contributed by atoms with Gasteiger partial charge in [-0.15, -0.1) is 0 Å². The first-order valence-corrected chi connectivity index (χ1v) is 5.81. The molecular formula is C13H16N4O2. The number of hydrogen-bond donors (Lipinski definition) is 0. The van der Waals surface area contributed by atoms with Crippen molar-refractivity contribution in [3.8, 4) is 11.8 Å². The zero-order valence-electron chi connectivity index (χ0n) is 11.2. The van der Waals surface area contributed by atoms with Crippen LogP contribution in [0.15, 0.2) is 30.5 Å². The van der Waals surface area contributed by atoms with Gasteiger partial charge in [0.15, 0.2) is 0 Å². The third-order valence-electron chi connectivity index (χ3n) is 2.55. The SMILES string of the molecule is COc1cc(OC)nc(N(C)Cc2ccccn2)n1. The first kappa shape index (κ1) is 13.1. The number of rotatable bonds is 5. The Bertz CT molecular complexity index is 511. The third-order valence-corrected chi connectivity index (χ3v) is 2.55. The van der Waals surface area contributed by atoms with E-state index in [0.717, 1.165) is 5.69 Å². The summed E-state index contributed by atoms with van der Waals surface area (Å²) in [6.07, 6.45) is 1.76. The van der Waals surface area contributed by atoms with E-state index in [4.69, 9.17) is 9.47 Å². The average molecular weight is 260 g/mol. The molecule has 0 N–H and O–H groups in total. The van der Waals surface area contributed by atoms with E-state index in [1.54, 1.807) is 26.5 Å². The maximum absolute atomic E-state index is 5.12. The Morgan fingerprint density at radius 2 is 1.79 bits per heavy atom. The van der Waals surface area contributed by atoms with Crippen molar-refractivity contribution in [3.63, 3.8) is 0 Å². The molecule has 2 rings (SSSR count). The minimum absolute atomic E-state index is 0.467. The predicted octanol–water partition coefficient (Wildman–Crippen LogP) is 1.53. The van der Waals surface area contributed by atoms with Crippen LogP contribution in [0.3, 0.4) is 0 Å². The van der Waals surface area contributed by atoms with Gasteiger partial charge in [0, 0.05) is 13.2 Å². The molecule has 0 atom stereocenters. The lowest BCUT2D eigenvalue weighted by molar-refractivity contribution is 0.371. The topological polar surface area (TPSA) is 60.4 Å². The molecule has 2 aromatic rings. The Morgan fingerprint density at radius 1 is 1.11 bits per heavy atom. The van der Waals surface area contributed by atoms with Gasteiger partial charge in [0.2, 0.25) is 17.7 Å². The normalized spacial score (nSPS) is 10.1. The highest BCUT2D eigenvalue weighted by Crippen LogP contribution is 2.20. The van der Waals surface area contributed by atoms with Crippen LogP contribution >= 0.6 is 0 Å². The molecule has 2 heterocycles. The number of hydrogen-bond acceptors (Lipinski definition) is 6. The molecule has 0 bridgehead atoms. The standard InChI is InChI=1S/C13H16N4O2/c1-17(9-10-6-4-5-7-14-10)13-15-11(18-2)8-12(16-13)19-3/h4-8H,9H2,1-3H3. The van der Waals surface area contributed by atoms with E-state index in [1.165, 1.54) is 0 Å². The molecule has 6 heteroatoms. The molecule has 0 saturated heterocycles. The molecule has 100 valence electrons. The lowest BCUT2D eigenvalue weighted by Gasteiger charge is -2.17. The van der Waals surface area contributed by atoms with Gasteiger partial charge in [-0.05, 0) is 12.1 Å². The van der Waals surface area contributed by atoms with Crippen molar-refractivity contribution in [2.75, 3.05) is 26.2 Å². The van der Waals surface area contributed by atoms with Crippen molar-refractivity contribution >= 4 is 5.95 Å². The summed E-state index contributed by atoms with van der Waals surface area (Å²) in [5.41, 5.74) is 0.940. The molecule has 6 nitrogen and oxygen atoms in total. The minimum Gasteiger partial charge on any atom is -0.481 e. The molecule has 0 radical (unpaired) electrons. The maximum Gasteiger partial charge on any atom is 0.232 e. The summed E-state index contributed by atoms with van der Waals surface area (Å²) < 4.78 is 10.2. The van der Waals surface area contributed by atoms with Crippen molar-refractivity contribution in [2.45, 2.75) is 6.54 Å². The van der Waals surface area contributed by atoms with E-state index >= 15 is 0 Å². The smallest absolute Gasteiger partial charge is 0.232 e. The highest BCUT2D eigenvalue weighted by molar-refractivity contribution is 5.36. The molecule has 0 unspecified atom stereocenters. The Balaban J connectivity index is 2.20. The summed E-state index contributed by atoms with van der Waals surface area (Å²) in [5, 5.41) is 0. The van der Waals surface area contributed by atoms with Crippen LogP contribution in [-0.2, 0) is 6.54 Å². The van der Waals surface area contributed by atoms with Gasteiger partial charge in [0.25, 0.3) is 0 Å². The van der Waals surface area contributed by atoms with E-state index in [1.807, 2.05) is 30.1 Å². The molecule has 0 aromatic carbocycles. The van der Waals surface area contributed by atoms with Crippen molar-refractivity contribution in [1.82, 2.24) is 15.0 Å². The fraction of sp³-hybridized carbons (Fsp3) is 0.308. The first-order chi connectivity index (χ1) is 9.22. The number of ether oxygens (including phenoxy) is 2. The maximum atomic E-state index is 5.12. The number of nitrogens with zero attached hydrogens (tertiary/aromatic N) is 4.